The predicted octanol–water partition coefficient (Wildman–Crippen LogP) is -5.79. The summed E-state index contributed by atoms with van der Waals surface area (Å²) in [6, 6.07) is -0.519. The minimum absolute atomic E-state index is 0.101. The smallest absolute Gasteiger partial charge is 0.186 e. The van der Waals surface area contributed by atoms with E-state index in [0.29, 0.717) is 0 Å². The average Bonchev–Trinajstić information content (AvgIpc) is 2.73. The molecule has 0 aliphatic carbocycles. The summed E-state index contributed by atoms with van der Waals surface area (Å²) in [5.41, 5.74) is 0. The second-order valence-corrected chi connectivity index (χ2v) is 7.05. The molecule has 13 heteroatoms. The molecule has 172 valence electrons. The number of nitrogens with one attached hydrogen (secondary N) is 1. The standard InChI is InChI=1S/C16H31NO12/c1-17-6(4-26-15-13(24)11(22)9(20)7(2-18)28-15)5-27-16-14(25)12(23)10(21)8(3-19)29-16/h6-25H,2-5H2,1H3/t6?,7?,8?,9-,10-,11-,12+,13+,14+,15?,16?/m1/s1. The summed E-state index contributed by atoms with van der Waals surface area (Å²) < 4.78 is 21.3. The van der Waals surface area contributed by atoms with Crippen molar-refractivity contribution in [1.82, 2.24) is 5.32 Å². The summed E-state index contributed by atoms with van der Waals surface area (Å²) in [5.74, 6) is 0. The van der Waals surface area contributed by atoms with E-state index in [0.717, 1.165) is 0 Å². The van der Waals surface area contributed by atoms with Crippen molar-refractivity contribution in [2.24, 2.45) is 0 Å². The van der Waals surface area contributed by atoms with Crippen molar-refractivity contribution in [3.8, 4) is 0 Å². The first-order valence-corrected chi connectivity index (χ1v) is 9.26. The van der Waals surface area contributed by atoms with E-state index in [1.165, 1.54) is 0 Å². The van der Waals surface area contributed by atoms with Crippen molar-refractivity contribution < 1.29 is 59.8 Å². The van der Waals surface area contributed by atoms with Gasteiger partial charge < -0.3 is 65.1 Å². The fourth-order valence-corrected chi connectivity index (χ4v) is 3.05. The first-order chi connectivity index (χ1) is 13.7. The Morgan fingerprint density at radius 2 is 1.07 bits per heavy atom. The van der Waals surface area contributed by atoms with Crippen LogP contribution >= 0.6 is 0 Å². The number of aliphatic hydroxyl groups excluding tert-OH is 8. The van der Waals surface area contributed by atoms with Gasteiger partial charge in [-0.05, 0) is 7.05 Å². The zero-order valence-corrected chi connectivity index (χ0v) is 15.9. The third-order valence-corrected chi connectivity index (χ3v) is 5.03. The lowest BCUT2D eigenvalue weighted by Crippen LogP contribution is -2.60. The Morgan fingerprint density at radius 3 is 1.38 bits per heavy atom. The molecule has 2 saturated heterocycles. The molecule has 2 aliphatic heterocycles. The highest BCUT2D eigenvalue weighted by Gasteiger charge is 2.45. The van der Waals surface area contributed by atoms with Gasteiger partial charge in [-0.15, -0.1) is 0 Å². The van der Waals surface area contributed by atoms with Gasteiger partial charge in [-0.1, -0.05) is 0 Å². The molecule has 0 amide bonds. The van der Waals surface area contributed by atoms with Gasteiger partial charge in [0.1, 0.15) is 48.8 Å². The summed E-state index contributed by atoms with van der Waals surface area (Å²) in [7, 11) is 1.58. The number of hydrogen-bond acceptors (Lipinski definition) is 13. The maximum atomic E-state index is 9.96. The zero-order chi connectivity index (χ0) is 21.7. The molecule has 5 unspecified atom stereocenters. The summed E-state index contributed by atoms with van der Waals surface area (Å²) in [5, 5.41) is 80.2. The van der Waals surface area contributed by atoms with Crippen LogP contribution in [0.25, 0.3) is 0 Å². The second kappa shape index (κ2) is 11.2. The Morgan fingerprint density at radius 1 is 0.690 bits per heavy atom. The molecule has 0 aromatic rings. The van der Waals surface area contributed by atoms with E-state index in [9.17, 15) is 40.9 Å². The topological polar surface area (TPSA) is 211 Å². The van der Waals surface area contributed by atoms with Crippen LogP contribution in [0.1, 0.15) is 0 Å². The fraction of sp³-hybridized carbons (Fsp3) is 1.00. The lowest BCUT2D eigenvalue weighted by molar-refractivity contribution is -0.309. The van der Waals surface area contributed by atoms with E-state index in [1.54, 1.807) is 7.05 Å². The zero-order valence-electron chi connectivity index (χ0n) is 15.9. The Kier molecular flexibility index (Phi) is 9.56. The maximum Gasteiger partial charge on any atom is 0.186 e. The second-order valence-electron chi connectivity index (χ2n) is 7.05. The molecule has 2 heterocycles. The van der Waals surface area contributed by atoms with E-state index >= 15 is 0 Å². The normalized spacial score (nSPS) is 44.6. The summed E-state index contributed by atoms with van der Waals surface area (Å²) in [6.45, 7) is -1.37. The minimum Gasteiger partial charge on any atom is -0.394 e. The Bertz CT molecular complexity index is 443. The Labute approximate surface area is 167 Å². The van der Waals surface area contributed by atoms with Crippen LogP contribution in [0.15, 0.2) is 0 Å². The van der Waals surface area contributed by atoms with Gasteiger partial charge in [0.2, 0.25) is 0 Å². The van der Waals surface area contributed by atoms with Gasteiger partial charge in [-0.25, -0.2) is 0 Å². The number of ether oxygens (including phenoxy) is 4. The van der Waals surface area contributed by atoms with E-state index in [-0.39, 0.29) is 13.2 Å². The van der Waals surface area contributed by atoms with Crippen LogP contribution in [0, 0.1) is 0 Å². The highest BCUT2D eigenvalue weighted by Crippen LogP contribution is 2.23. The number of aliphatic hydroxyl groups is 8. The molecule has 0 bridgehead atoms. The molecule has 11 atom stereocenters. The lowest BCUT2D eigenvalue weighted by atomic mass is 9.99. The number of rotatable bonds is 9. The van der Waals surface area contributed by atoms with Crippen LogP contribution < -0.4 is 5.32 Å². The van der Waals surface area contributed by atoms with Gasteiger partial charge in [-0.3, -0.25) is 0 Å². The summed E-state index contributed by atoms with van der Waals surface area (Å²) >= 11 is 0. The van der Waals surface area contributed by atoms with Gasteiger partial charge in [0.25, 0.3) is 0 Å². The molecule has 2 aliphatic rings. The Balaban J connectivity index is 1.86. The SMILES string of the molecule is CNC(COC1OC(CO)[C@@H](O)[C@@H](O)[C@@H]1O)COC1OC(CO)[C@@H](O)[C@H](O)[C@@H]1O. The van der Waals surface area contributed by atoms with E-state index in [1.807, 2.05) is 0 Å². The number of hydrogen-bond donors (Lipinski definition) is 9. The molecule has 2 fully saturated rings. The molecule has 13 nitrogen and oxygen atoms in total. The monoisotopic (exact) mass is 429 g/mol. The quantitative estimate of drug-likeness (QED) is 0.167. The molecule has 0 aromatic heterocycles. The fourth-order valence-electron chi connectivity index (χ4n) is 3.05. The molecule has 0 aromatic carbocycles. The van der Waals surface area contributed by atoms with Crippen molar-refractivity contribution >= 4 is 0 Å². The van der Waals surface area contributed by atoms with Crippen LogP contribution in [-0.2, 0) is 18.9 Å². The molecule has 9 N–H and O–H groups in total. The molecule has 0 spiro atoms. The van der Waals surface area contributed by atoms with Crippen LogP contribution in [0.2, 0.25) is 0 Å². The van der Waals surface area contributed by atoms with Crippen molar-refractivity contribution in [2.75, 3.05) is 33.5 Å². The van der Waals surface area contributed by atoms with Crippen molar-refractivity contribution in [1.29, 1.82) is 0 Å². The molecule has 2 rings (SSSR count). The maximum absolute atomic E-state index is 9.96. The molecule has 29 heavy (non-hydrogen) atoms. The molecule has 0 radical (unpaired) electrons. The van der Waals surface area contributed by atoms with Crippen LogP contribution in [-0.4, -0.2) is 142 Å². The molecule has 0 saturated carbocycles. The van der Waals surface area contributed by atoms with Gasteiger partial charge in [0, 0.05) is 0 Å². The third-order valence-electron chi connectivity index (χ3n) is 5.03. The van der Waals surface area contributed by atoms with Crippen molar-refractivity contribution in [3.05, 3.63) is 0 Å². The first kappa shape index (κ1) is 24.7. The van der Waals surface area contributed by atoms with Crippen molar-refractivity contribution in [2.45, 2.75) is 67.5 Å². The van der Waals surface area contributed by atoms with Gasteiger partial charge in [0.15, 0.2) is 12.6 Å². The first-order valence-electron chi connectivity index (χ1n) is 9.26. The molecular weight excluding hydrogens is 398 g/mol. The highest BCUT2D eigenvalue weighted by molar-refractivity contribution is 4.90. The summed E-state index contributed by atoms with van der Waals surface area (Å²) in [4.78, 5) is 0. The van der Waals surface area contributed by atoms with E-state index in [2.05, 4.69) is 5.32 Å². The van der Waals surface area contributed by atoms with Gasteiger partial charge >= 0.3 is 0 Å². The number of likely N-dealkylation sites (N-methyl/N-ethyl adjacent to an activating group) is 1. The summed E-state index contributed by atoms with van der Waals surface area (Å²) in [6.07, 6.45) is -14.0. The largest absolute Gasteiger partial charge is 0.394 e. The van der Waals surface area contributed by atoms with Crippen LogP contribution in [0.4, 0.5) is 0 Å². The predicted molar refractivity (Wildman–Crippen MR) is 92.3 cm³/mol. The average molecular weight is 429 g/mol. The minimum atomic E-state index is -1.57. The highest BCUT2D eigenvalue weighted by atomic mass is 16.7. The van der Waals surface area contributed by atoms with Crippen LogP contribution in [0.3, 0.4) is 0 Å². The van der Waals surface area contributed by atoms with Gasteiger partial charge in [-0.2, -0.15) is 0 Å². The van der Waals surface area contributed by atoms with E-state index in [4.69, 9.17) is 18.9 Å². The van der Waals surface area contributed by atoms with Crippen molar-refractivity contribution in [3.63, 3.8) is 0 Å². The third kappa shape index (κ3) is 5.80. The van der Waals surface area contributed by atoms with Gasteiger partial charge in [0.05, 0.1) is 32.5 Å². The van der Waals surface area contributed by atoms with Crippen LogP contribution in [0.5, 0.6) is 0 Å². The molecular formula is C16H31NO12. The van der Waals surface area contributed by atoms with E-state index < -0.39 is 80.7 Å². The Hall–Kier alpha value is -0.520. The lowest BCUT2D eigenvalue weighted by Gasteiger charge is -2.40.